The molecule has 0 radical (unpaired) electrons. The van der Waals surface area contributed by atoms with E-state index >= 15 is 0 Å². The molecule has 2 nitrogen and oxygen atoms in total. The first-order valence-corrected chi connectivity index (χ1v) is 7.57. The molecular formula is C15H23BrN2. The number of benzene rings is 1. The molecule has 0 saturated carbocycles. The van der Waals surface area contributed by atoms with Crippen LogP contribution >= 0.6 is 15.9 Å². The van der Waals surface area contributed by atoms with Crippen molar-refractivity contribution in [2.75, 3.05) is 11.4 Å². The number of anilines is 1. The van der Waals surface area contributed by atoms with E-state index in [9.17, 15) is 0 Å². The zero-order valence-corrected chi connectivity index (χ0v) is 13.1. The highest BCUT2D eigenvalue weighted by Gasteiger charge is 2.26. The molecule has 1 aliphatic heterocycles. The van der Waals surface area contributed by atoms with E-state index in [0.717, 1.165) is 12.3 Å². The molecule has 0 amide bonds. The van der Waals surface area contributed by atoms with Crippen LogP contribution in [0.3, 0.4) is 0 Å². The highest BCUT2D eigenvalue weighted by Crippen LogP contribution is 2.31. The van der Waals surface area contributed by atoms with Crippen LogP contribution in [0, 0.1) is 5.92 Å². The number of hydrogen-bond donors (Lipinski definition) is 1. The van der Waals surface area contributed by atoms with Crippen molar-refractivity contribution in [1.82, 2.24) is 0 Å². The van der Waals surface area contributed by atoms with Crippen molar-refractivity contribution in [2.24, 2.45) is 11.7 Å². The molecule has 0 spiro atoms. The lowest BCUT2D eigenvalue weighted by Crippen LogP contribution is -2.26. The van der Waals surface area contributed by atoms with Gasteiger partial charge < -0.3 is 10.6 Å². The molecule has 0 aromatic heterocycles. The number of hydrogen-bond acceptors (Lipinski definition) is 2. The first-order chi connectivity index (χ1) is 8.47. The van der Waals surface area contributed by atoms with Crippen LogP contribution < -0.4 is 10.6 Å². The lowest BCUT2D eigenvalue weighted by atomic mass is 10.1. The third-order valence-electron chi connectivity index (χ3n) is 3.69. The summed E-state index contributed by atoms with van der Waals surface area (Å²) in [4.78, 5) is 2.51. The second-order valence-electron chi connectivity index (χ2n) is 5.80. The Morgan fingerprint density at radius 3 is 2.67 bits per heavy atom. The number of rotatable bonds is 3. The molecule has 0 aliphatic carbocycles. The average molecular weight is 311 g/mol. The molecule has 1 aromatic rings. The van der Waals surface area contributed by atoms with Gasteiger partial charge in [-0.1, -0.05) is 28.9 Å². The van der Waals surface area contributed by atoms with E-state index < -0.39 is 0 Å². The SMILES string of the molecule is CC(N)Cc1ccc(N2CC(C)CC2C)cc1Br. The van der Waals surface area contributed by atoms with Gasteiger partial charge in [0.15, 0.2) is 0 Å². The van der Waals surface area contributed by atoms with Crippen LogP contribution in [0.1, 0.15) is 32.8 Å². The molecule has 0 bridgehead atoms. The summed E-state index contributed by atoms with van der Waals surface area (Å²) in [6.45, 7) is 7.86. The van der Waals surface area contributed by atoms with Gasteiger partial charge in [0.1, 0.15) is 0 Å². The van der Waals surface area contributed by atoms with Gasteiger partial charge >= 0.3 is 0 Å². The van der Waals surface area contributed by atoms with Gasteiger partial charge in [-0.15, -0.1) is 0 Å². The van der Waals surface area contributed by atoms with E-state index in [4.69, 9.17) is 5.73 Å². The Bertz CT molecular complexity index is 417. The highest BCUT2D eigenvalue weighted by molar-refractivity contribution is 9.10. The molecule has 3 heteroatoms. The minimum Gasteiger partial charge on any atom is -0.369 e. The van der Waals surface area contributed by atoms with Crippen LogP contribution in [0.2, 0.25) is 0 Å². The Balaban J connectivity index is 2.18. The van der Waals surface area contributed by atoms with Crippen LogP contribution in [0.25, 0.3) is 0 Å². The maximum Gasteiger partial charge on any atom is 0.0380 e. The van der Waals surface area contributed by atoms with E-state index in [-0.39, 0.29) is 6.04 Å². The van der Waals surface area contributed by atoms with Crippen molar-refractivity contribution < 1.29 is 0 Å². The summed E-state index contributed by atoms with van der Waals surface area (Å²) in [6.07, 6.45) is 2.21. The van der Waals surface area contributed by atoms with Gasteiger partial charge in [-0.25, -0.2) is 0 Å². The minimum atomic E-state index is 0.206. The van der Waals surface area contributed by atoms with Crippen LogP contribution in [-0.2, 0) is 6.42 Å². The van der Waals surface area contributed by atoms with E-state index in [0.29, 0.717) is 6.04 Å². The van der Waals surface area contributed by atoms with Gasteiger partial charge in [0, 0.05) is 28.8 Å². The lowest BCUT2D eigenvalue weighted by molar-refractivity contribution is 0.625. The molecule has 1 aliphatic rings. The fraction of sp³-hybridized carbons (Fsp3) is 0.600. The largest absolute Gasteiger partial charge is 0.369 e. The fourth-order valence-corrected chi connectivity index (χ4v) is 3.42. The highest BCUT2D eigenvalue weighted by atomic mass is 79.9. The zero-order valence-electron chi connectivity index (χ0n) is 11.5. The summed E-state index contributed by atoms with van der Waals surface area (Å²) in [7, 11) is 0. The van der Waals surface area contributed by atoms with Gasteiger partial charge in [0.2, 0.25) is 0 Å². The summed E-state index contributed by atoms with van der Waals surface area (Å²) in [5.41, 5.74) is 8.49. The molecule has 2 N–H and O–H groups in total. The monoisotopic (exact) mass is 310 g/mol. The second-order valence-corrected chi connectivity index (χ2v) is 6.65. The average Bonchev–Trinajstić information content (AvgIpc) is 2.60. The van der Waals surface area contributed by atoms with Crippen LogP contribution in [0.4, 0.5) is 5.69 Å². The van der Waals surface area contributed by atoms with Crippen molar-refractivity contribution >= 4 is 21.6 Å². The van der Waals surface area contributed by atoms with Gasteiger partial charge in [0.25, 0.3) is 0 Å². The van der Waals surface area contributed by atoms with Crippen LogP contribution in [0.15, 0.2) is 22.7 Å². The normalized spacial score (nSPS) is 25.5. The topological polar surface area (TPSA) is 29.3 Å². The van der Waals surface area contributed by atoms with E-state index in [1.54, 1.807) is 0 Å². The van der Waals surface area contributed by atoms with Gasteiger partial charge in [-0.2, -0.15) is 0 Å². The van der Waals surface area contributed by atoms with E-state index in [1.165, 1.54) is 28.7 Å². The molecule has 2 rings (SSSR count). The fourth-order valence-electron chi connectivity index (χ4n) is 2.89. The molecule has 3 unspecified atom stereocenters. The van der Waals surface area contributed by atoms with Crippen LogP contribution in [-0.4, -0.2) is 18.6 Å². The summed E-state index contributed by atoms with van der Waals surface area (Å²) < 4.78 is 1.18. The van der Waals surface area contributed by atoms with Gasteiger partial charge in [0.05, 0.1) is 0 Å². The Kier molecular flexibility index (Phi) is 4.33. The molecule has 1 heterocycles. The maximum absolute atomic E-state index is 5.86. The van der Waals surface area contributed by atoms with Crippen molar-refractivity contribution in [3.8, 4) is 0 Å². The van der Waals surface area contributed by atoms with Crippen molar-refractivity contribution in [3.63, 3.8) is 0 Å². The van der Waals surface area contributed by atoms with Crippen LogP contribution in [0.5, 0.6) is 0 Å². The molecule has 1 aromatic carbocycles. The molecule has 1 saturated heterocycles. The predicted molar refractivity (Wildman–Crippen MR) is 82.1 cm³/mol. The quantitative estimate of drug-likeness (QED) is 0.924. The first-order valence-electron chi connectivity index (χ1n) is 6.78. The second kappa shape index (κ2) is 5.62. The molecule has 3 atom stereocenters. The Hall–Kier alpha value is -0.540. The summed E-state index contributed by atoms with van der Waals surface area (Å²) in [6, 6.07) is 7.53. The minimum absolute atomic E-state index is 0.206. The number of nitrogens with zero attached hydrogens (tertiary/aromatic N) is 1. The Morgan fingerprint density at radius 1 is 1.44 bits per heavy atom. The maximum atomic E-state index is 5.86. The van der Waals surface area contributed by atoms with Gasteiger partial charge in [-0.05, 0) is 50.3 Å². The van der Waals surface area contributed by atoms with Gasteiger partial charge in [-0.3, -0.25) is 0 Å². The summed E-state index contributed by atoms with van der Waals surface area (Å²) >= 11 is 3.68. The lowest BCUT2D eigenvalue weighted by Gasteiger charge is -2.24. The smallest absolute Gasteiger partial charge is 0.0380 e. The third kappa shape index (κ3) is 3.07. The number of nitrogens with two attached hydrogens (primary N) is 1. The summed E-state index contributed by atoms with van der Waals surface area (Å²) in [5.74, 6) is 0.794. The third-order valence-corrected chi connectivity index (χ3v) is 4.43. The van der Waals surface area contributed by atoms with Crippen molar-refractivity contribution in [2.45, 2.75) is 45.7 Å². The standard InChI is InChI=1S/C15H23BrN2/c1-10-6-12(3)18(9-10)14-5-4-13(7-11(2)17)15(16)8-14/h4-5,8,10-12H,6-7,9,17H2,1-3H3. The predicted octanol–water partition coefficient (Wildman–Crippen LogP) is 3.57. The molecule has 1 fully saturated rings. The van der Waals surface area contributed by atoms with E-state index in [2.05, 4.69) is 52.9 Å². The molecule has 18 heavy (non-hydrogen) atoms. The Labute approximate surface area is 119 Å². The summed E-state index contributed by atoms with van der Waals surface area (Å²) in [5, 5.41) is 0. The zero-order chi connectivity index (χ0) is 13.3. The molecule has 100 valence electrons. The van der Waals surface area contributed by atoms with E-state index in [1.807, 2.05) is 6.92 Å². The first kappa shape index (κ1) is 13.9. The van der Waals surface area contributed by atoms with Crippen molar-refractivity contribution in [1.29, 1.82) is 0 Å². The molecular weight excluding hydrogens is 288 g/mol. The Morgan fingerprint density at radius 2 is 2.17 bits per heavy atom. The van der Waals surface area contributed by atoms with Crippen molar-refractivity contribution in [3.05, 3.63) is 28.2 Å². The number of halogens is 1.